The normalized spacial score (nSPS) is 19.6. The highest BCUT2D eigenvalue weighted by Gasteiger charge is 2.25. The minimum absolute atomic E-state index is 0.204. The number of nitrogens with one attached hydrogen (secondary N) is 2. The smallest absolute Gasteiger partial charge is 0.285 e. The standard InChI is InChI=1S/C12H14ClN5O/c13-10-9(6-16-17-12(10)19)18-5-1-2-8(7-18)11-14-3-4-15-11/h3-4,6,8H,1-2,5,7H2,(H,14,15)(H,17,19). The summed E-state index contributed by atoms with van der Waals surface area (Å²) in [4.78, 5) is 21.1. The Hall–Kier alpha value is -1.82. The maximum atomic E-state index is 11.5. The van der Waals surface area contributed by atoms with Gasteiger partial charge in [0.15, 0.2) is 0 Å². The summed E-state index contributed by atoms with van der Waals surface area (Å²) in [6, 6.07) is 0. The van der Waals surface area contributed by atoms with Crippen LogP contribution in [0.3, 0.4) is 0 Å². The summed E-state index contributed by atoms with van der Waals surface area (Å²) < 4.78 is 0. The van der Waals surface area contributed by atoms with Crippen LogP contribution in [0.25, 0.3) is 0 Å². The highest BCUT2D eigenvalue weighted by Crippen LogP contribution is 2.30. The Morgan fingerprint density at radius 3 is 3.16 bits per heavy atom. The van der Waals surface area contributed by atoms with Crippen LogP contribution in [0.1, 0.15) is 24.6 Å². The molecule has 1 aliphatic rings. The van der Waals surface area contributed by atoms with Crippen molar-refractivity contribution in [2.45, 2.75) is 18.8 Å². The van der Waals surface area contributed by atoms with Gasteiger partial charge in [-0.25, -0.2) is 10.1 Å². The van der Waals surface area contributed by atoms with E-state index in [2.05, 4.69) is 25.1 Å². The number of hydrogen-bond acceptors (Lipinski definition) is 4. The van der Waals surface area contributed by atoms with E-state index in [4.69, 9.17) is 11.6 Å². The molecule has 7 heteroatoms. The van der Waals surface area contributed by atoms with Gasteiger partial charge in [-0.05, 0) is 12.8 Å². The molecular weight excluding hydrogens is 266 g/mol. The molecule has 3 heterocycles. The predicted molar refractivity (Wildman–Crippen MR) is 72.6 cm³/mol. The Bertz CT molecular complexity index is 609. The fourth-order valence-corrected chi connectivity index (χ4v) is 2.73. The number of aromatic amines is 2. The molecule has 1 unspecified atom stereocenters. The molecule has 0 saturated carbocycles. The average Bonchev–Trinajstić information content (AvgIpc) is 2.96. The molecule has 0 amide bonds. The molecule has 1 atom stereocenters. The third-order valence-electron chi connectivity index (χ3n) is 3.45. The molecule has 0 spiro atoms. The second kappa shape index (κ2) is 5.05. The lowest BCUT2D eigenvalue weighted by atomic mass is 9.97. The van der Waals surface area contributed by atoms with Gasteiger partial charge in [-0.2, -0.15) is 5.10 Å². The van der Waals surface area contributed by atoms with Gasteiger partial charge in [0.2, 0.25) is 0 Å². The predicted octanol–water partition coefficient (Wildman–Crippen LogP) is 1.53. The second-order valence-corrected chi connectivity index (χ2v) is 5.04. The van der Waals surface area contributed by atoms with Crippen LogP contribution in [-0.2, 0) is 0 Å². The number of H-pyrrole nitrogens is 2. The first-order valence-corrected chi connectivity index (χ1v) is 6.61. The first kappa shape index (κ1) is 12.2. The van der Waals surface area contributed by atoms with Crippen molar-refractivity contribution in [3.05, 3.63) is 39.8 Å². The number of halogens is 1. The maximum Gasteiger partial charge on any atom is 0.285 e. The van der Waals surface area contributed by atoms with E-state index in [9.17, 15) is 4.79 Å². The van der Waals surface area contributed by atoms with Crippen LogP contribution < -0.4 is 10.5 Å². The molecule has 100 valence electrons. The number of hydrogen-bond donors (Lipinski definition) is 2. The lowest BCUT2D eigenvalue weighted by Gasteiger charge is -2.33. The number of nitrogens with zero attached hydrogens (tertiary/aromatic N) is 3. The minimum Gasteiger partial charge on any atom is -0.368 e. The highest BCUT2D eigenvalue weighted by molar-refractivity contribution is 6.32. The van der Waals surface area contributed by atoms with Crippen LogP contribution >= 0.6 is 11.6 Å². The van der Waals surface area contributed by atoms with Crippen LogP contribution in [0.5, 0.6) is 0 Å². The number of piperidine rings is 1. The zero-order chi connectivity index (χ0) is 13.2. The Morgan fingerprint density at radius 1 is 1.47 bits per heavy atom. The second-order valence-electron chi connectivity index (χ2n) is 4.66. The Morgan fingerprint density at radius 2 is 2.37 bits per heavy atom. The van der Waals surface area contributed by atoms with Crippen LogP contribution in [0.2, 0.25) is 5.02 Å². The van der Waals surface area contributed by atoms with E-state index in [1.165, 1.54) is 0 Å². The van der Waals surface area contributed by atoms with E-state index in [-0.39, 0.29) is 10.6 Å². The summed E-state index contributed by atoms with van der Waals surface area (Å²) in [5.74, 6) is 1.32. The molecule has 1 saturated heterocycles. The van der Waals surface area contributed by atoms with E-state index in [1.54, 1.807) is 12.4 Å². The summed E-state index contributed by atoms with van der Waals surface area (Å²) in [5, 5.41) is 6.36. The quantitative estimate of drug-likeness (QED) is 0.874. The number of anilines is 1. The third kappa shape index (κ3) is 2.35. The molecule has 0 aliphatic carbocycles. The third-order valence-corrected chi connectivity index (χ3v) is 3.81. The van der Waals surface area contributed by atoms with Gasteiger partial charge >= 0.3 is 0 Å². The molecule has 6 nitrogen and oxygen atoms in total. The molecule has 1 aliphatic heterocycles. The average molecular weight is 280 g/mol. The van der Waals surface area contributed by atoms with Gasteiger partial charge < -0.3 is 9.88 Å². The molecule has 2 aromatic heterocycles. The van der Waals surface area contributed by atoms with Crippen molar-refractivity contribution >= 4 is 17.3 Å². The van der Waals surface area contributed by atoms with E-state index in [0.717, 1.165) is 31.8 Å². The molecule has 2 aromatic rings. The van der Waals surface area contributed by atoms with Gasteiger partial charge in [0.1, 0.15) is 10.8 Å². The maximum absolute atomic E-state index is 11.5. The van der Waals surface area contributed by atoms with Gasteiger partial charge in [0.25, 0.3) is 5.56 Å². The van der Waals surface area contributed by atoms with Gasteiger partial charge in [0, 0.05) is 31.4 Å². The molecule has 0 bridgehead atoms. The monoisotopic (exact) mass is 279 g/mol. The first-order valence-electron chi connectivity index (χ1n) is 6.23. The fraction of sp³-hybridized carbons (Fsp3) is 0.417. The number of rotatable bonds is 2. The summed E-state index contributed by atoms with van der Waals surface area (Å²) >= 11 is 6.05. The van der Waals surface area contributed by atoms with Crippen molar-refractivity contribution in [3.8, 4) is 0 Å². The van der Waals surface area contributed by atoms with E-state index in [1.807, 2.05) is 6.20 Å². The molecule has 1 fully saturated rings. The van der Waals surface area contributed by atoms with Gasteiger partial charge in [-0.3, -0.25) is 4.79 Å². The van der Waals surface area contributed by atoms with E-state index < -0.39 is 0 Å². The van der Waals surface area contributed by atoms with Gasteiger partial charge in [-0.15, -0.1) is 0 Å². The van der Waals surface area contributed by atoms with Crippen molar-refractivity contribution in [1.82, 2.24) is 20.2 Å². The largest absolute Gasteiger partial charge is 0.368 e. The van der Waals surface area contributed by atoms with Crippen molar-refractivity contribution < 1.29 is 0 Å². The Labute approximate surface area is 114 Å². The zero-order valence-corrected chi connectivity index (χ0v) is 11.0. The minimum atomic E-state index is -0.348. The van der Waals surface area contributed by atoms with Crippen LogP contribution in [-0.4, -0.2) is 33.3 Å². The fourth-order valence-electron chi connectivity index (χ4n) is 2.51. The summed E-state index contributed by atoms with van der Waals surface area (Å²) in [6.07, 6.45) is 7.31. The molecule has 0 aromatic carbocycles. The molecule has 3 rings (SSSR count). The van der Waals surface area contributed by atoms with Gasteiger partial charge in [-0.1, -0.05) is 11.6 Å². The number of aromatic nitrogens is 4. The Balaban J connectivity index is 1.86. The van der Waals surface area contributed by atoms with Crippen LogP contribution in [0, 0.1) is 0 Å². The molecule has 19 heavy (non-hydrogen) atoms. The lowest BCUT2D eigenvalue weighted by Crippen LogP contribution is -2.35. The van der Waals surface area contributed by atoms with Crippen molar-refractivity contribution in [2.75, 3.05) is 18.0 Å². The lowest BCUT2D eigenvalue weighted by molar-refractivity contribution is 0.493. The van der Waals surface area contributed by atoms with Crippen LogP contribution in [0.4, 0.5) is 5.69 Å². The molecule has 0 radical (unpaired) electrons. The van der Waals surface area contributed by atoms with Gasteiger partial charge in [0.05, 0.1) is 11.9 Å². The van der Waals surface area contributed by atoms with Crippen molar-refractivity contribution in [3.63, 3.8) is 0 Å². The SMILES string of the molecule is O=c1[nH]ncc(N2CCCC(c3ncc[nH]3)C2)c1Cl. The topological polar surface area (TPSA) is 77.7 Å². The first-order chi connectivity index (χ1) is 9.25. The molecular formula is C12H14ClN5O. The van der Waals surface area contributed by atoms with E-state index >= 15 is 0 Å². The van der Waals surface area contributed by atoms with Crippen LogP contribution in [0.15, 0.2) is 23.4 Å². The zero-order valence-electron chi connectivity index (χ0n) is 10.3. The molecule has 2 N–H and O–H groups in total. The van der Waals surface area contributed by atoms with Crippen molar-refractivity contribution in [2.24, 2.45) is 0 Å². The summed E-state index contributed by atoms with van der Waals surface area (Å²) in [6.45, 7) is 1.67. The summed E-state index contributed by atoms with van der Waals surface area (Å²) in [7, 11) is 0. The van der Waals surface area contributed by atoms with Crippen molar-refractivity contribution in [1.29, 1.82) is 0 Å². The summed E-state index contributed by atoms with van der Waals surface area (Å²) in [5.41, 5.74) is 0.348. The Kier molecular flexibility index (Phi) is 3.25. The highest BCUT2D eigenvalue weighted by atomic mass is 35.5. The van der Waals surface area contributed by atoms with E-state index in [0.29, 0.717) is 11.6 Å². The number of imidazole rings is 1.